The lowest BCUT2D eigenvalue weighted by atomic mass is 10.0. The van der Waals surface area contributed by atoms with Gasteiger partial charge in [-0.15, -0.1) is 0 Å². The quantitative estimate of drug-likeness (QED) is 0.751. The third kappa shape index (κ3) is 3.67. The topological polar surface area (TPSA) is 116 Å². The van der Waals surface area contributed by atoms with Crippen LogP contribution in [0.2, 0.25) is 0 Å². The molecule has 7 nitrogen and oxygen atoms in total. The minimum Gasteiger partial charge on any atom is -0.370 e. The van der Waals surface area contributed by atoms with Crippen LogP contribution in [0.4, 0.5) is 11.6 Å². The average molecular weight is 329 g/mol. The van der Waals surface area contributed by atoms with E-state index in [1.807, 2.05) is 12.1 Å². The number of aromatic nitrogens is 2. The van der Waals surface area contributed by atoms with Crippen molar-refractivity contribution in [3.8, 4) is 0 Å². The molecule has 0 atom stereocenters. The van der Waals surface area contributed by atoms with Gasteiger partial charge in [0.2, 0.25) is 17.8 Å². The number of aryl methyl sites for hydroxylation is 1. The van der Waals surface area contributed by atoms with Crippen LogP contribution in [-0.2, 0) is 16.1 Å². The molecule has 1 aromatic carbocycles. The Kier molecular flexibility index (Phi) is 4.69. The lowest BCUT2D eigenvalue weighted by molar-refractivity contribution is -0.118. The molecule has 2 aromatic rings. The SMILES string of the molecule is NC(=O)CCn1c(N)nc2cc(NC(=O)CC3CCCC3)ccc21. The van der Waals surface area contributed by atoms with Crippen molar-refractivity contribution >= 4 is 34.5 Å². The number of hydrogen-bond acceptors (Lipinski definition) is 4. The summed E-state index contributed by atoms with van der Waals surface area (Å²) in [5.74, 6) is 0.507. The number of imidazole rings is 1. The molecule has 1 fully saturated rings. The second-order valence-electron chi connectivity index (χ2n) is 6.44. The molecule has 1 aliphatic rings. The molecule has 0 saturated heterocycles. The summed E-state index contributed by atoms with van der Waals surface area (Å²) in [5, 5.41) is 2.94. The highest BCUT2D eigenvalue weighted by Crippen LogP contribution is 2.28. The molecule has 0 radical (unpaired) electrons. The van der Waals surface area contributed by atoms with Gasteiger partial charge >= 0.3 is 0 Å². The molecule has 1 aliphatic carbocycles. The predicted molar refractivity (Wildman–Crippen MR) is 93.2 cm³/mol. The van der Waals surface area contributed by atoms with E-state index in [2.05, 4.69) is 10.3 Å². The third-order valence-electron chi connectivity index (χ3n) is 4.59. The largest absolute Gasteiger partial charge is 0.370 e. The number of nitrogens with two attached hydrogens (primary N) is 2. The smallest absolute Gasteiger partial charge is 0.224 e. The summed E-state index contributed by atoms with van der Waals surface area (Å²) in [6.07, 6.45) is 5.53. The van der Waals surface area contributed by atoms with Crippen molar-refractivity contribution in [3.63, 3.8) is 0 Å². The van der Waals surface area contributed by atoms with E-state index in [1.54, 1.807) is 10.6 Å². The van der Waals surface area contributed by atoms with Gasteiger partial charge in [0.1, 0.15) is 0 Å². The van der Waals surface area contributed by atoms with Crippen LogP contribution in [0.15, 0.2) is 18.2 Å². The Balaban J connectivity index is 1.71. The van der Waals surface area contributed by atoms with Crippen LogP contribution in [0.25, 0.3) is 11.0 Å². The highest BCUT2D eigenvalue weighted by molar-refractivity contribution is 5.93. The fourth-order valence-electron chi connectivity index (χ4n) is 3.37. The Labute approximate surface area is 140 Å². The van der Waals surface area contributed by atoms with E-state index in [1.165, 1.54) is 12.8 Å². The molecule has 0 bridgehead atoms. The fraction of sp³-hybridized carbons (Fsp3) is 0.471. The number of fused-ring (bicyclic) bond motifs is 1. The number of rotatable bonds is 6. The van der Waals surface area contributed by atoms with Crippen LogP contribution in [0.1, 0.15) is 38.5 Å². The van der Waals surface area contributed by atoms with E-state index in [9.17, 15) is 9.59 Å². The van der Waals surface area contributed by atoms with Gasteiger partial charge < -0.3 is 21.4 Å². The van der Waals surface area contributed by atoms with Gasteiger partial charge in [0, 0.05) is 25.1 Å². The number of nitrogens with one attached hydrogen (secondary N) is 1. The number of primary amides is 1. The Hall–Kier alpha value is -2.57. The number of nitrogens with zero attached hydrogens (tertiary/aromatic N) is 2. The van der Waals surface area contributed by atoms with E-state index in [4.69, 9.17) is 11.5 Å². The van der Waals surface area contributed by atoms with Crippen LogP contribution in [-0.4, -0.2) is 21.4 Å². The standard InChI is InChI=1S/C17H23N5O2/c18-15(23)7-8-22-14-6-5-12(10-13(14)21-17(22)19)20-16(24)9-11-3-1-2-4-11/h5-6,10-11H,1-4,7-9H2,(H2,18,23)(H2,19,21)(H,20,24). The molecule has 1 heterocycles. The van der Waals surface area contributed by atoms with E-state index in [0.717, 1.165) is 18.4 Å². The Bertz CT molecular complexity index is 762. The summed E-state index contributed by atoms with van der Waals surface area (Å²) < 4.78 is 1.75. The molecule has 2 amide bonds. The number of carbonyl (C=O) groups is 2. The summed E-state index contributed by atoms with van der Waals surface area (Å²) in [5.41, 5.74) is 13.3. The second-order valence-corrected chi connectivity index (χ2v) is 6.44. The maximum atomic E-state index is 12.1. The minimum atomic E-state index is -0.382. The summed E-state index contributed by atoms with van der Waals surface area (Å²) in [7, 11) is 0. The van der Waals surface area contributed by atoms with Crippen LogP contribution in [0.5, 0.6) is 0 Å². The first kappa shape index (κ1) is 16.3. The molecular formula is C17H23N5O2. The van der Waals surface area contributed by atoms with Gasteiger partial charge in [0.15, 0.2) is 0 Å². The first-order valence-electron chi connectivity index (χ1n) is 8.37. The third-order valence-corrected chi connectivity index (χ3v) is 4.59. The van der Waals surface area contributed by atoms with Gasteiger partial charge in [-0.1, -0.05) is 12.8 Å². The van der Waals surface area contributed by atoms with E-state index in [0.29, 0.717) is 36.0 Å². The van der Waals surface area contributed by atoms with Crippen molar-refractivity contribution in [1.29, 1.82) is 0 Å². The van der Waals surface area contributed by atoms with Crippen LogP contribution >= 0.6 is 0 Å². The van der Waals surface area contributed by atoms with Crippen molar-refractivity contribution in [2.24, 2.45) is 11.7 Å². The second kappa shape index (κ2) is 6.90. The first-order valence-corrected chi connectivity index (χ1v) is 8.37. The number of hydrogen-bond donors (Lipinski definition) is 3. The molecule has 1 aromatic heterocycles. The van der Waals surface area contributed by atoms with Crippen molar-refractivity contribution in [2.75, 3.05) is 11.1 Å². The van der Waals surface area contributed by atoms with E-state index < -0.39 is 0 Å². The van der Waals surface area contributed by atoms with Gasteiger partial charge in [0.25, 0.3) is 0 Å². The Morgan fingerprint density at radius 3 is 2.75 bits per heavy atom. The fourth-order valence-corrected chi connectivity index (χ4v) is 3.37. The Morgan fingerprint density at radius 2 is 2.04 bits per heavy atom. The number of benzene rings is 1. The van der Waals surface area contributed by atoms with Crippen molar-refractivity contribution in [3.05, 3.63) is 18.2 Å². The molecule has 5 N–H and O–H groups in total. The van der Waals surface area contributed by atoms with E-state index >= 15 is 0 Å². The first-order chi connectivity index (χ1) is 11.5. The predicted octanol–water partition coefficient (Wildman–Crippen LogP) is 2.01. The van der Waals surface area contributed by atoms with Crippen LogP contribution < -0.4 is 16.8 Å². The minimum absolute atomic E-state index is 0.0439. The zero-order chi connectivity index (χ0) is 17.1. The number of anilines is 2. The van der Waals surface area contributed by atoms with Crippen molar-refractivity contribution in [1.82, 2.24) is 9.55 Å². The molecule has 128 valence electrons. The highest BCUT2D eigenvalue weighted by Gasteiger charge is 2.18. The summed E-state index contributed by atoms with van der Waals surface area (Å²) in [4.78, 5) is 27.4. The maximum absolute atomic E-state index is 12.1. The maximum Gasteiger partial charge on any atom is 0.224 e. The molecule has 3 rings (SSSR count). The molecule has 7 heteroatoms. The van der Waals surface area contributed by atoms with Crippen molar-refractivity contribution < 1.29 is 9.59 Å². The Morgan fingerprint density at radius 1 is 1.29 bits per heavy atom. The normalized spacial score (nSPS) is 15.0. The molecule has 24 heavy (non-hydrogen) atoms. The summed E-state index contributed by atoms with van der Waals surface area (Å²) >= 11 is 0. The average Bonchev–Trinajstić information content (AvgIpc) is 3.11. The van der Waals surface area contributed by atoms with Gasteiger partial charge in [-0.05, 0) is 37.0 Å². The van der Waals surface area contributed by atoms with Crippen molar-refractivity contribution in [2.45, 2.75) is 45.1 Å². The lowest BCUT2D eigenvalue weighted by Gasteiger charge is -2.10. The lowest BCUT2D eigenvalue weighted by Crippen LogP contribution is -2.15. The van der Waals surface area contributed by atoms with Crippen LogP contribution in [0.3, 0.4) is 0 Å². The van der Waals surface area contributed by atoms with Gasteiger partial charge in [-0.3, -0.25) is 9.59 Å². The van der Waals surface area contributed by atoms with Gasteiger partial charge in [0.05, 0.1) is 11.0 Å². The molecule has 0 spiro atoms. The molecule has 0 aliphatic heterocycles. The molecular weight excluding hydrogens is 306 g/mol. The van der Waals surface area contributed by atoms with Gasteiger partial charge in [-0.2, -0.15) is 0 Å². The summed E-state index contributed by atoms with van der Waals surface area (Å²) in [6, 6.07) is 5.49. The highest BCUT2D eigenvalue weighted by atomic mass is 16.1. The number of carbonyl (C=O) groups excluding carboxylic acids is 2. The number of nitrogen functional groups attached to an aromatic ring is 1. The van der Waals surface area contributed by atoms with Gasteiger partial charge in [-0.25, -0.2) is 4.98 Å². The van der Waals surface area contributed by atoms with Crippen LogP contribution in [0, 0.1) is 5.92 Å². The zero-order valence-corrected chi connectivity index (χ0v) is 13.6. The molecule has 1 saturated carbocycles. The van der Waals surface area contributed by atoms with E-state index in [-0.39, 0.29) is 18.2 Å². The number of amides is 2. The zero-order valence-electron chi connectivity index (χ0n) is 13.6. The monoisotopic (exact) mass is 329 g/mol. The molecule has 0 unspecified atom stereocenters. The summed E-state index contributed by atoms with van der Waals surface area (Å²) in [6.45, 7) is 0.394.